The highest BCUT2D eigenvalue weighted by Crippen LogP contribution is 2.10. The molecule has 0 spiro atoms. The van der Waals surface area contributed by atoms with Crippen molar-refractivity contribution in [2.24, 2.45) is 5.14 Å². The summed E-state index contributed by atoms with van der Waals surface area (Å²) < 4.78 is 27.5. The minimum absolute atomic E-state index is 0.0318. The van der Waals surface area contributed by atoms with Gasteiger partial charge >= 0.3 is 0 Å². The van der Waals surface area contributed by atoms with Crippen LogP contribution in [-0.2, 0) is 16.6 Å². The van der Waals surface area contributed by atoms with E-state index >= 15 is 0 Å². The number of sulfonamides is 1. The summed E-state index contributed by atoms with van der Waals surface area (Å²) in [4.78, 5) is 11.8. The number of furan rings is 1. The van der Waals surface area contributed by atoms with Gasteiger partial charge in [0.15, 0.2) is 0 Å². The van der Waals surface area contributed by atoms with Crippen LogP contribution in [0.15, 0.2) is 45.7 Å². The summed E-state index contributed by atoms with van der Waals surface area (Å²) in [6.07, 6.45) is 0. The third kappa shape index (κ3) is 3.46. The molecule has 0 bridgehead atoms. The quantitative estimate of drug-likeness (QED) is 0.883. The number of benzene rings is 1. The van der Waals surface area contributed by atoms with Gasteiger partial charge in [0, 0.05) is 5.56 Å². The fourth-order valence-corrected chi connectivity index (χ4v) is 2.16. The number of aryl methyl sites for hydroxylation is 1. The Balaban J connectivity index is 2.02. The SMILES string of the molecule is Cc1ccc(CNC(=O)c2ccc(S(N)(=O)=O)cc2)o1. The molecular formula is C13H14N2O4S. The second kappa shape index (κ2) is 5.48. The lowest BCUT2D eigenvalue weighted by atomic mass is 10.2. The summed E-state index contributed by atoms with van der Waals surface area (Å²) in [5.41, 5.74) is 0.348. The van der Waals surface area contributed by atoms with Gasteiger partial charge in [-0.1, -0.05) is 0 Å². The molecule has 3 N–H and O–H groups in total. The van der Waals surface area contributed by atoms with Gasteiger partial charge in [0.05, 0.1) is 11.4 Å². The number of hydrogen-bond donors (Lipinski definition) is 2. The van der Waals surface area contributed by atoms with Gasteiger partial charge in [-0.25, -0.2) is 13.6 Å². The molecule has 2 rings (SSSR count). The third-order valence-corrected chi connectivity index (χ3v) is 3.59. The van der Waals surface area contributed by atoms with E-state index < -0.39 is 10.0 Å². The average Bonchev–Trinajstić information content (AvgIpc) is 2.81. The lowest BCUT2D eigenvalue weighted by molar-refractivity contribution is 0.0948. The summed E-state index contributed by atoms with van der Waals surface area (Å²) >= 11 is 0. The molecule has 0 saturated heterocycles. The molecule has 6 nitrogen and oxygen atoms in total. The van der Waals surface area contributed by atoms with Crippen LogP contribution >= 0.6 is 0 Å². The first-order valence-electron chi connectivity index (χ1n) is 5.82. The Morgan fingerprint density at radius 1 is 1.20 bits per heavy atom. The molecule has 0 atom stereocenters. The number of rotatable bonds is 4. The predicted octanol–water partition coefficient (Wildman–Crippen LogP) is 1.17. The second-order valence-electron chi connectivity index (χ2n) is 4.26. The van der Waals surface area contributed by atoms with Crippen molar-refractivity contribution in [2.75, 3.05) is 0 Å². The van der Waals surface area contributed by atoms with Crippen molar-refractivity contribution < 1.29 is 17.6 Å². The normalized spacial score (nSPS) is 11.3. The van der Waals surface area contributed by atoms with Crippen LogP contribution in [0.4, 0.5) is 0 Å². The Bertz CT molecular complexity index is 717. The van der Waals surface area contributed by atoms with Crippen LogP contribution in [0, 0.1) is 6.92 Å². The van der Waals surface area contributed by atoms with Crippen LogP contribution in [0.2, 0.25) is 0 Å². The molecule has 7 heteroatoms. The van der Waals surface area contributed by atoms with Crippen molar-refractivity contribution in [1.82, 2.24) is 5.32 Å². The van der Waals surface area contributed by atoms with Gasteiger partial charge in [0.25, 0.3) is 5.91 Å². The van der Waals surface area contributed by atoms with Crippen molar-refractivity contribution in [3.8, 4) is 0 Å². The van der Waals surface area contributed by atoms with Crippen molar-refractivity contribution in [2.45, 2.75) is 18.4 Å². The smallest absolute Gasteiger partial charge is 0.251 e. The fourth-order valence-electron chi connectivity index (χ4n) is 1.65. The number of carbonyl (C=O) groups excluding carboxylic acids is 1. The Hall–Kier alpha value is -2.12. The maximum Gasteiger partial charge on any atom is 0.251 e. The molecule has 0 aliphatic heterocycles. The molecule has 0 aliphatic rings. The van der Waals surface area contributed by atoms with E-state index in [0.29, 0.717) is 11.3 Å². The van der Waals surface area contributed by atoms with Crippen LogP contribution < -0.4 is 10.5 Å². The Kier molecular flexibility index (Phi) is 3.91. The number of amides is 1. The lowest BCUT2D eigenvalue weighted by Crippen LogP contribution is -2.22. The monoisotopic (exact) mass is 294 g/mol. The van der Waals surface area contributed by atoms with Gasteiger partial charge in [-0.05, 0) is 43.3 Å². The van der Waals surface area contributed by atoms with Gasteiger partial charge in [-0.3, -0.25) is 4.79 Å². The molecule has 0 aliphatic carbocycles. The molecule has 0 fully saturated rings. The highest BCUT2D eigenvalue weighted by atomic mass is 32.2. The van der Waals surface area contributed by atoms with E-state index in [2.05, 4.69) is 5.32 Å². The van der Waals surface area contributed by atoms with Crippen molar-refractivity contribution in [1.29, 1.82) is 0 Å². The van der Waals surface area contributed by atoms with E-state index in [1.165, 1.54) is 24.3 Å². The zero-order valence-electron chi connectivity index (χ0n) is 10.8. The van der Waals surface area contributed by atoms with E-state index in [9.17, 15) is 13.2 Å². The summed E-state index contributed by atoms with van der Waals surface area (Å²) in [7, 11) is -3.74. The molecule has 1 aromatic carbocycles. The Labute approximate surface area is 116 Å². The molecule has 20 heavy (non-hydrogen) atoms. The van der Waals surface area contributed by atoms with Gasteiger partial charge in [0.2, 0.25) is 10.0 Å². The summed E-state index contributed by atoms with van der Waals surface area (Å²) in [6.45, 7) is 2.08. The molecule has 2 aromatic rings. The summed E-state index contributed by atoms with van der Waals surface area (Å²) in [5, 5.41) is 7.65. The highest BCUT2D eigenvalue weighted by Gasteiger charge is 2.10. The molecule has 106 valence electrons. The maximum absolute atomic E-state index is 11.9. The lowest BCUT2D eigenvalue weighted by Gasteiger charge is -2.04. The summed E-state index contributed by atoms with van der Waals surface area (Å²) in [6, 6.07) is 8.98. The maximum atomic E-state index is 11.9. The van der Waals surface area contributed by atoms with Gasteiger partial charge < -0.3 is 9.73 Å². The van der Waals surface area contributed by atoms with Crippen molar-refractivity contribution in [3.63, 3.8) is 0 Å². The van der Waals surface area contributed by atoms with E-state index in [-0.39, 0.29) is 17.3 Å². The van der Waals surface area contributed by atoms with Crippen molar-refractivity contribution >= 4 is 15.9 Å². The zero-order valence-corrected chi connectivity index (χ0v) is 11.6. The van der Waals surface area contributed by atoms with E-state index in [1.54, 1.807) is 6.07 Å². The summed E-state index contributed by atoms with van der Waals surface area (Å²) in [5.74, 6) is 1.10. The number of primary sulfonamides is 1. The zero-order chi connectivity index (χ0) is 14.8. The van der Waals surface area contributed by atoms with E-state index in [0.717, 1.165) is 5.76 Å². The molecule has 0 saturated carbocycles. The first-order chi connectivity index (χ1) is 9.36. The van der Waals surface area contributed by atoms with Crippen LogP contribution in [0.5, 0.6) is 0 Å². The van der Waals surface area contributed by atoms with Gasteiger partial charge in [-0.15, -0.1) is 0 Å². The van der Waals surface area contributed by atoms with Crippen molar-refractivity contribution in [3.05, 3.63) is 53.5 Å². The number of hydrogen-bond acceptors (Lipinski definition) is 4. The molecule has 1 aromatic heterocycles. The van der Waals surface area contributed by atoms with Crippen LogP contribution in [0.25, 0.3) is 0 Å². The fraction of sp³-hybridized carbons (Fsp3) is 0.154. The first kappa shape index (κ1) is 14.3. The predicted molar refractivity (Wildman–Crippen MR) is 72.4 cm³/mol. The number of nitrogens with one attached hydrogen (secondary N) is 1. The second-order valence-corrected chi connectivity index (χ2v) is 5.83. The van der Waals surface area contributed by atoms with Crippen LogP contribution in [-0.4, -0.2) is 14.3 Å². The topological polar surface area (TPSA) is 102 Å². The van der Waals surface area contributed by atoms with E-state index in [4.69, 9.17) is 9.56 Å². The number of carbonyl (C=O) groups is 1. The molecule has 1 amide bonds. The largest absolute Gasteiger partial charge is 0.465 e. The van der Waals surface area contributed by atoms with E-state index in [1.807, 2.05) is 13.0 Å². The minimum Gasteiger partial charge on any atom is -0.465 e. The Morgan fingerprint density at radius 2 is 1.85 bits per heavy atom. The Morgan fingerprint density at radius 3 is 2.35 bits per heavy atom. The third-order valence-electron chi connectivity index (χ3n) is 2.66. The first-order valence-corrected chi connectivity index (χ1v) is 7.37. The van der Waals surface area contributed by atoms with Gasteiger partial charge in [-0.2, -0.15) is 0 Å². The van der Waals surface area contributed by atoms with Crippen LogP contribution in [0.3, 0.4) is 0 Å². The molecule has 0 unspecified atom stereocenters. The molecular weight excluding hydrogens is 280 g/mol. The minimum atomic E-state index is -3.74. The standard InChI is InChI=1S/C13H14N2O4S/c1-9-2-5-11(19-9)8-15-13(16)10-3-6-12(7-4-10)20(14,17)18/h2-7H,8H2,1H3,(H,15,16)(H2,14,17,18). The highest BCUT2D eigenvalue weighted by molar-refractivity contribution is 7.89. The molecule has 0 radical (unpaired) electrons. The average molecular weight is 294 g/mol. The van der Waals surface area contributed by atoms with Crippen LogP contribution in [0.1, 0.15) is 21.9 Å². The number of nitrogens with two attached hydrogens (primary N) is 1. The molecule has 1 heterocycles. The van der Waals surface area contributed by atoms with Gasteiger partial charge in [0.1, 0.15) is 11.5 Å².